The molecular formula is C31H32F2N2O5S. The van der Waals surface area contributed by atoms with Crippen molar-refractivity contribution in [2.45, 2.75) is 36.8 Å². The van der Waals surface area contributed by atoms with E-state index in [9.17, 15) is 27.1 Å². The molecule has 0 fully saturated rings. The second-order valence-corrected chi connectivity index (χ2v) is 12.8. The highest BCUT2D eigenvalue weighted by molar-refractivity contribution is 7.89. The summed E-state index contributed by atoms with van der Waals surface area (Å²) in [7, 11) is -2.73. The number of β-amino-alcohol motifs (C(OH)–C–C–N with tert-alkyl or cyclic N) is 1. The van der Waals surface area contributed by atoms with E-state index in [1.165, 1.54) is 31.3 Å². The summed E-state index contributed by atoms with van der Waals surface area (Å²) < 4.78 is 55.9. The minimum atomic E-state index is -4.07. The van der Waals surface area contributed by atoms with Gasteiger partial charge in [-0.25, -0.2) is 22.0 Å². The van der Waals surface area contributed by atoms with Gasteiger partial charge < -0.3 is 15.5 Å². The van der Waals surface area contributed by atoms with Gasteiger partial charge >= 0.3 is 5.97 Å². The van der Waals surface area contributed by atoms with E-state index in [0.29, 0.717) is 6.42 Å². The van der Waals surface area contributed by atoms with Gasteiger partial charge in [-0.15, -0.1) is 0 Å². The van der Waals surface area contributed by atoms with Crippen molar-refractivity contribution in [2.75, 3.05) is 20.1 Å². The predicted octanol–water partition coefficient (Wildman–Crippen LogP) is 5.08. The van der Waals surface area contributed by atoms with Crippen molar-refractivity contribution in [3.63, 3.8) is 0 Å². The number of benzene rings is 4. The molecule has 4 aromatic rings. The zero-order chi connectivity index (χ0) is 29.9. The first-order valence-electron chi connectivity index (χ1n) is 13.0. The molecule has 0 amide bonds. The highest BCUT2D eigenvalue weighted by Crippen LogP contribution is 2.27. The first-order chi connectivity index (χ1) is 19.3. The van der Waals surface area contributed by atoms with Gasteiger partial charge in [0.15, 0.2) is 0 Å². The molecule has 216 valence electrons. The number of carbonyl (C=O) groups is 1. The molecule has 0 heterocycles. The maximum atomic E-state index is 14.2. The molecule has 0 unspecified atom stereocenters. The minimum absolute atomic E-state index is 0.0115. The fourth-order valence-electron chi connectivity index (χ4n) is 4.74. The number of aromatic carboxylic acids is 1. The van der Waals surface area contributed by atoms with Gasteiger partial charge in [-0.3, -0.25) is 0 Å². The van der Waals surface area contributed by atoms with E-state index in [4.69, 9.17) is 5.11 Å². The quantitative estimate of drug-likeness (QED) is 0.228. The Labute approximate surface area is 238 Å². The Balaban J connectivity index is 1.41. The molecular weight excluding hydrogens is 550 g/mol. The van der Waals surface area contributed by atoms with Crippen LogP contribution in [0.1, 0.15) is 29.8 Å². The van der Waals surface area contributed by atoms with E-state index in [1.54, 1.807) is 0 Å². The maximum Gasteiger partial charge on any atom is 0.341 e. The van der Waals surface area contributed by atoms with E-state index >= 15 is 0 Å². The molecule has 7 nitrogen and oxygen atoms in total. The van der Waals surface area contributed by atoms with Crippen LogP contribution in [0.15, 0.2) is 83.8 Å². The topological polar surface area (TPSA) is 107 Å². The van der Waals surface area contributed by atoms with Gasteiger partial charge in [-0.05, 0) is 72.0 Å². The van der Waals surface area contributed by atoms with Crippen LogP contribution in [0.5, 0.6) is 0 Å². The van der Waals surface area contributed by atoms with Crippen LogP contribution in [-0.4, -0.2) is 60.7 Å². The average molecular weight is 583 g/mol. The second-order valence-electron chi connectivity index (χ2n) is 10.7. The van der Waals surface area contributed by atoms with E-state index < -0.39 is 39.3 Å². The Kier molecular flexibility index (Phi) is 8.89. The SMILES string of the molecule is CN(C[C@@H](O)CNC(C)(C)Cc1ccc2ccccc2c1)S(=O)(=O)c1cccc(-c2cc(F)c(C(=O)O)c(F)c2)c1. The van der Waals surface area contributed by atoms with Gasteiger partial charge in [-0.1, -0.05) is 54.6 Å². The lowest BCUT2D eigenvalue weighted by molar-refractivity contribution is 0.0686. The molecule has 0 aromatic heterocycles. The molecule has 0 aliphatic carbocycles. The number of hydrogen-bond donors (Lipinski definition) is 3. The Morgan fingerprint density at radius 3 is 2.24 bits per heavy atom. The van der Waals surface area contributed by atoms with Gasteiger partial charge in [0.05, 0.1) is 11.0 Å². The third kappa shape index (κ3) is 7.15. The summed E-state index contributed by atoms with van der Waals surface area (Å²) in [6.45, 7) is 3.97. The van der Waals surface area contributed by atoms with Crippen molar-refractivity contribution in [3.8, 4) is 11.1 Å². The molecule has 10 heteroatoms. The van der Waals surface area contributed by atoms with Gasteiger partial charge in [0.25, 0.3) is 0 Å². The van der Waals surface area contributed by atoms with Crippen LogP contribution >= 0.6 is 0 Å². The number of likely N-dealkylation sites (N-methyl/N-ethyl adjacent to an activating group) is 1. The second kappa shape index (κ2) is 12.0. The molecule has 0 radical (unpaired) electrons. The van der Waals surface area contributed by atoms with E-state index in [1.807, 2.05) is 26.0 Å². The molecule has 0 saturated carbocycles. The van der Waals surface area contributed by atoms with Gasteiger partial charge in [-0.2, -0.15) is 4.31 Å². The monoisotopic (exact) mass is 582 g/mol. The van der Waals surface area contributed by atoms with E-state index in [2.05, 4.69) is 35.6 Å². The Morgan fingerprint density at radius 1 is 0.927 bits per heavy atom. The summed E-state index contributed by atoms with van der Waals surface area (Å²) in [6, 6.07) is 21.5. The molecule has 3 N–H and O–H groups in total. The fraction of sp³-hybridized carbons (Fsp3) is 0.258. The lowest BCUT2D eigenvalue weighted by Gasteiger charge is -2.29. The predicted molar refractivity (Wildman–Crippen MR) is 154 cm³/mol. The number of aliphatic hydroxyl groups is 1. The summed E-state index contributed by atoms with van der Waals surface area (Å²) in [5, 5.41) is 25.3. The molecule has 4 rings (SSSR count). The molecule has 0 spiro atoms. The zero-order valence-electron chi connectivity index (χ0n) is 22.9. The van der Waals surface area contributed by atoms with Crippen molar-refractivity contribution in [1.29, 1.82) is 0 Å². The summed E-state index contributed by atoms with van der Waals surface area (Å²) in [6.07, 6.45) is -0.319. The number of sulfonamides is 1. The maximum absolute atomic E-state index is 14.2. The summed E-state index contributed by atoms with van der Waals surface area (Å²) in [4.78, 5) is 10.9. The number of carboxylic acid groups (broad SMARTS) is 1. The number of aliphatic hydroxyl groups excluding tert-OH is 1. The average Bonchev–Trinajstić information content (AvgIpc) is 2.91. The van der Waals surface area contributed by atoms with Crippen molar-refractivity contribution in [1.82, 2.24) is 9.62 Å². The van der Waals surface area contributed by atoms with E-state index in [0.717, 1.165) is 32.8 Å². The lowest BCUT2D eigenvalue weighted by Crippen LogP contribution is -2.47. The molecule has 4 aromatic carbocycles. The first-order valence-corrected chi connectivity index (χ1v) is 14.4. The molecule has 41 heavy (non-hydrogen) atoms. The number of hydrogen-bond acceptors (Lipinski definition) is 5. The van der Waals surface area contributed by atoms with Crippen LogP contribution in [0.2, 0.25) is 0 Å². The van der Waals surface area contributed by atoms with Crippen molar-refractivity contribution in [2.24, 2.45) is 0 Å². The Morgan fingerprint density at radius 2 is 1.59 bits per heavy atom. The van der Waals surface area contributed by atoms with Gasteiger partial charge in [0.2, 0.25) is 10.0 Å². The third-order valence-electron chi connectivity index (χ3n) is 6.88. The van der Waals surface area contributed by atoms with E-state index in [-0.39, 0.29) is 34.7 Å². The van der Waals surface area contributed by atoms with Gasteiger partial charge in [0.1, 0.15) is 17.2 Å². The van der Waals surface area contributed by atoms with Crippen LogP contribution in [-0.2, 0) is 16.4 Å². The van der Waals surface area contributed by atoms with Crippen LogP contribution in [0.25, 0.3) is 21.9 Å². The number of nitrogens with zero attached hydrogens (tertiary/aromatic N) is 1. The Hall–Kier alpha value is -3.70. The first kappa shape index (κ1) is 30.3. The van der Waals surface area contributed by atoms with Crippen molar-refractivity contribution in [3.05, 3.63) is 102 Å². The lowest BCUT2D eigenvalue weighted by atomic mass is 9.93. The number of halogens is 2. The van der Waals surface area contributed by atoms with Crippen molar-refractivity contribution >= 4 is 26.8 Å². The zero-order valence-corrected chi connectivity index (χ0v) is 23.8. The Bertz CT molecular complexity index is 1670. The summed E-state index contributed by atoms with van der Waals surface area (Å²) >= 11 is 0. The fourth-order valence-corrected chi connectivity index (χ4v) is 5.99. The molecule has 0 saturated heterocycles. The molecule has 0 aliphatic heterocycles. The smallest absolute Gasteiger partial charge is 0.341 e. The van der Waals surface area contributed by atoms with Crippen LogP contribution in [0.4, 0.5) is 8.78 Å². The normalized spacial score (nSPS) is 13.0. The van der Waals surface area contributed by atoms with Crippen molar-refractivity contribution < 1.29 is 32.2 Å². The molecule has 0 bridgehead atoms. The number of nitrogens with one attached hydrogen (secondary N) is 1. The third-order valence-corrected chi connectivity index (χ3v) is 8.69. The standard InChI is InChI=1S/C31H32F2N2O5S/c1-31(2,17-20-11-12-21-7-4-5-8-22(21)13-20)34-18-25(36)19-35(3)41(39,40)26-10-6-9-23(14-26)24-15-27(32)29(30(37)38)28(33)16-24/h4-16,25,34,36H,17-19H2,1-3H3,(H,37,38)/t25-/m0/s1. The summed E-state index contributed by atoms with van der Waals surface area (Å²) in [5.41, 5.74) is -0.155. The van der Waals surface area contributed by atoms with Crippen LogP contribution < -0.4 is 5.32 Å². The molecule has 0 aliphatic rings. The largest absolute Gasteiger partial charge is 0.477 e. The summed E-state index contributed by atoms with van der Waals surface area (Å²) in [5.74, 6) is -4.27. The highest BCUT2D eigenvalue weighted by atomic mass is 32.2. The highest BCUT2D eigenvalue weighted by Gasteiger charge is 2.26. The van der Waals surface area contributed by atoms with Crippen LogP contribution in [0.3, 0.4) is 0 Å². The minimum Gasteiger partial charge on any atom is -0.477 e. The van der Waals surface area contributed by atoms with Gasteiger partial charge in [0, 0.05) is 25.7 Å². The molecule has 1 atom stereocenters. The number of rotatable bonds is 11. The number of fused-ring (bicyclic) bond motifs is 1. The number of carboxylic acids is 1. The van der Waals surface area contributed by atoms with Crippen LogP contribution in [0, 0.1) is 11.6 Å².